The van der Waals surface area contributed by atoms with Crippen molar-refractivity contribution >= 4 is 33.4 Å². The predicted octanol–water partition coefficient (Wildman–Crippen LogP) is 4.52. The lowest BCUT2D eigenvalue weighted by Crippen LogP contribution is -2.28. The second-order valence-corrected chi connectivity index (χ2v) is 12.0. The van der Waals surface area contributed by atoms with E-state index in [1.165, 1.54) is 34.6 Å². The van der Waals surface area contributed by atoms with Crippen LogP contribution in [-0.4, -0.2) is 46.5 Å². The topological polar surface area (TPSA) is 84.3 Å². The molecule has 2 aromatic rings. The Morgan fingerprint density at radius 2 is 1.72 bits per heavy atom. The number of aromatic nitrogens is 2. The highest BCUT2D eigenvalue weighted by molar-refractivity contribution is 8.00. The van der Waals surface area contributed by atoms with Gasteiger partial charge in [0.05, 0.1) is 15.8 Å². The van der Waals surface area contributed by atoms with E-state index in [1.54, 1.807) is 24.3 Å². The highest BCUT2D eigenvalue weighted by Gasteiger charge is 2.28. The van der Waals surface area contributed by atoms with E-state index in [-0.39, 0.29) is 16.1 Å². The molecule has 1 aliphatic heterocycles. The normalized spacial score (nSPS) is 18.8. The first-order valence-electron chi connectivity index (χ1n) is 11.4. The Morgan fingerprint density at radius 3 is 2.34 bits per heavy atom. The van der Waals surface area contributed by atoms with Crippen LogP contribution >= 0.6 is 11.8 Å². The second kappa shape index (κ2) is 9.57. The summed E-state index contributed by atoms with van der Waals surface area (Å²) in [6.45, 7) is 7.15. The zero-order valence-electron chi connectivity index (χ0n) is 19.0. The Morgan fingerprint density at radius 1 is 1.09 bits per heavy atom. The molecule has 1 unspecified atom stereocenters. The van der Waals surface area contributed by atoms with Crippen molar-refractivity contribution in [2.75, 3.05) is 18.4 Å². The van der Waals surface area contributed by atoms with Crippen molar-refractivity contribution in [3.05, 3.63) is 35.7 Å². The smallest absolute Gasteiger partial charge is 0.243 e. The molecule has 1 N–H and O–H groups in total. The van der Waals surface area contributed by atoms with Gasteiger partial charge in [-0.25, -0.2) is 13.4 Å². The minimum Gasteiger partial charge on any atom is -0.325 e. The van der Waals surface area contributed by atoms with E-state index in [4.69, 9.17) is 4.98 Å². The maximum Gasteiger partial charge on any atom is 0.243 e. The number of rotatable bonds is 7. The lowest BCUT2D eigenvalue weighted by Gasteiger charge is -2.19. The van der Waals surface area contributed by atoms with E-state index in [1.807, 2.05) is 13.8 Å². The van der Waals surface area contributed by atoms with E-state index in [9.17, 15) is 13.2 Å². The minimum atomic E-state index is -3.45. The lowest BCUT2D eigenvalue weighted by molar-refractivity contribution is -0.115. The van der Waals surface area contributed by atoms with E-state index >= 15 is 0 Å². The number of sulfonamides is 1. The third-order valence-corrected chi connectivity index (χ3v) is 9.50. The number of carbonyl (C=O) groups excluding carboxylic acids is 1. The largest absolute Gasteiger partial charge is 0.325 e. The number of imidazole rings is 1. The molecule has 1 saturated carbocycles. The molecule has 1 aromatic carbocycles. The highest BCUT2D eigenvalue weighted by Crippen LogP contribution is 2.36. The van der Waals surface area contributed by atoms with Gasteiger partial charge in [-0.2, -0.15) is 4.31 Å². The van der Waals surface area contributed by atoms with Crippen LogP contribution in [0, 0.1) is 13.8 Å². The molecule has 2 fully saturated rings. The van der Waals surface area contributed by atoms with Crippen molar-refractivity contribution in [2.45, 2.75) is 80.6 Å². The molecule has 1 atom stereocenters. The number of nitrogens with one attached hydrogen (secondary N) is 1. The number of hydrogen-bond acceptors (Lipinski definition) is 5. The molecule has 7 nitrogen and oxygen atoms in total. The lowest BCUT2D eigenvalue weighted by atomic mass is 10.2. The summed E-state index contributed by atoms with van der Waals surface area (Å²) in [5.74, 6) is -0.124. The van der Waals surface area contributed by atoms with Gasteiger partial charge in [0.25, 0.3) is 0 Å². The van der Waals surface area contributed by atoms with Gasteiger partial charge in [-0.3, -0.25) is 4.79 Å². The first-order valence-corrected chi connectivity index (χ1v) is 13.7. The fourth-order valence-electron chi connectivity index (χ4n) is 4.51. The van der Waals surface area contributed by atoms with E-state index < -0.39 is 10.0 Å². The molecule has 4 rings (SSSR count). The summed E-state index contributed by atoms with van der Waals surface area (Å²) in [5, 5.41) is 3.49. The molecule has 2 aliphatic rings. The van der Waals surface area contributed by atoms with Crippen LogP contribution in [0.3, 0.4) is 0 Å². The molecule has 1 aromatic heterocycles. The standard InChI is InChI=1S/C23H32N4O3S2/c1-16-17(2)27(20-8-4-5-9-20)23(24-16)31-18(3)22(28)25-19-10-12-21(13-11-19)32(29,30)26-14-6-7-15-26/h10-13,18,20H,4-9,14-15H2,1-3H3,(H,25,28). The average molecular weight is 477 g/mol. The van der Waals surface area contributed by atoms with Gasteiger partial charge >= 0.3 is 0 Å². The van der Waals surface area contributed by atoms with Crippen molar-refractivity contribution in [1.82, 2.24) is 13.9 Å². The maximum absolute atomic E-state index is 12.8. The summed E-state index contributed by atoms with van der Waals surface area (Å²) < 4.78 is 29.2. The quantitative estimate of drug-likeness (QED) is 0.594. The van der Waals surface area contributed by atoms with Crippen molar-refractivity contribution in [1.29, 1.82) is 0 Å². The molecular weight excluding hydrogens is 444 g/mol. The van der Waals surface area contributed by atoms with Crippen LogP contribution in [0.2, 0.25) is 0 Å². The monoisotopic (exact) mass is 476 g/mol. The van der Waals surface area contributed by atoms with Crippen LogP contribution in [0.25, 0.3) is 0 Å². The van der Waals surface area contributed by atoms with Crippen LogP contribution < -0.4 is 5.32 Å². The van der Waals surface area contributed by atoms with Crippen LogP contribution in [0.15, 0.2) is 34.3 Å². The van der Waals surface area contributed by atoms with Crippen LogP contribution in [-0.2, 0) is 14.8 Å². The minimum absolute atomic E-state index is 0.124. The summed E-state index contributed by atoms with van der Waals surface area (Å²) in [4.78, 5) is 17.8. The number of carbonyl (C=O) groups is 1. The number of thioether (sulfide) groups is 1. The zero-order valence-corrected chi connectivity index (χ0v) is 20.6. The highest BCUT2D eigenvalue weighted by atomic mass is 32.2. The molecule has 32 heavy (non-hydrogen) atoms. The SMILES string of the molecule is Cc1nc(SC(C)C(=O)Nc2ccc(S(=O)(=O)N3CCCC3)cc2)n(C2CCCC2)c1C. The van der Waals surface area contributed by atoms with Gasteiger partial charge in [-0.05, 0) is 70.7 Å². The predicted molar refractivity (Wildman–Crippen MR) is 128 cm³/mol. The average Bonchev–Trinajstić information content (AvgIpc) is 3.52. The van der Waals surface area contributed by atoms with Gasteiger partial charge in [0.15, 0.2) is 5.16 Å². The van der Waals surface area contributed by atoms with Crippen LogP contribution in [0.4, 0.5) is 5.69 Å². The zero-order chi connectivity index (χ0) is 22.9. The number of anilines is 1. The Balaban J connectivity index is 1.42. The van der Waals surface area contributed by atoms with Crippen molar-refractivity contribution < 1.29 is 13.2 Å². The number of benzene rings is 1. The maximum atomic E-state index is 12.8. The van der Waals surface area contributed by atoms with Crippen molar-refractivity contribution in [2.24, 2.45) is 0 Å². The third kappa shape index (κ3) is 4.75. The summed E-state index contributed by atoms with van der Waals surface area (Å²) >= 11 is 1.48. The first kappa shape index (κ1) is 23.3. The van der Waals surface area contributed by atoms with Gasteiger partial charge in [-0.1, -0.05) is 24.6 Å². The second-order valence-electron chi connectivity index (χ2n) is 8.76. The number of nitrogens with zero attached hydrogens (tertiary/aromatic N) is 3. The molecule has 174 valence electrons. The van der Waals surface area contributed by atoms with Gasteiger partial charge in [0.1, 0.15) is 0 Å². The Labute approximate surface area is 195 Å². The van der Waals surface area contributed by atoms with E-state index in [2.05, 4.69) is 16.8 Å². The molecule has 2 heterocycles. The van der Waals surface area contributed by atoms with Gasteiger partial charge in [0.2, 0.25) is 15.9 Å². The summed E-state index contributed by atoms with van der Waals surface area (Å²) in [7, 11) is -3.45. The Bertz CT molecular complexity index is 1070. The van der Waals surface area contributed by atoms with Crippen molar-refractivity contribution in [3.8, 4) is 0 Å². The molecule has 0 bridgehead atoms. The van der Waals surface area contributed by atoms with E-state index in [0.717, 1.165) is 36.5 Å². The molecular formula is C23H32N4O3S2. The van der Waals surface area contributed by atoms with Crippen LogP contribution in [0.5, 0.6) is 0 Å². The van der Waals surface area contributed by atoms with Crippen molar-refractivity contribution in [3.63, 3.8) is 0 Å². The molecule has 1 saturated heterocycles. The fraction of sp³-hybridized carbons (Fsp3) is 0.565. The van der Waals surface area contributed by atoms with Crippen LogP contribution in [0.1, 0.15) is 62.9 Å². The molecule has 0 spiro atoms. The number of aryl methyl sites for hydroxylation is 1. The first-order chi connectivity index (χ1) is 15.3. The van der Waals surface area contributed by atoms with E-state index in [0.29, 0.717) is 24.8 Å². The van der Waals surface area contributed by atoms with Gasteiger partial charge < -0.3 is 9.88 Å². The molecule has 1 amide bonds. The third-order valence-electron chi connectivity index (χ3n) is 6.52. The fourth-order valence-corrected chi connectivity index (χ4v) is 7.10. The number of hydrogen-bond donors (Lipinski definition) is 1. The van der Waals surface area contributed by atoms with Gasteiger partial charge in [-0.15, -0.1) is 0 Å². The molecule has 1 aliphatic carbocycles. The number of amides is 1. The molecule has 9 heteroatoms. The Kier molecular flexibility index (Phi) is 6.97. The molecule has 0 radical (unpaired) electrons. The Hall–Kier alpha value is -1.84. The summed E-state index contributed by atoms with van der Waals surface area (Å²) in [6.07, 6.45) is 6.62. The summed E-state index contributed by atoms with van der Waals surface area (Å²) in [6, 6.07) is 6.93. The van der Waals surface area contributed by atoms with Gasteiger partial charge in [0, 0.05) is 30.5 Å². The summed E-state index contributed by atoms with van der Waals surface area (Å²) in [5.41, 5.74) is 2.79.